The summed E-state index contributed by atoms with van der Waals surface area (Å²) in [5.41, 5.74) is 0.119. The summed E-state index contributed by atoms with van der Waals surface area (Å²) in [5.74, 6) is 0.0605. The second-order valence-electron chi connectivity index (χ2n) is 6.95. The van der Waals surface area contributed by atoms with Crippen LogP contribution >= 0.6 is 0 Å². The lowest BCUT2D eigenvalue weighted by Gasteiger charge is -2.41. The molecule has 2 amide bonds. The number of hydrogen-bond donors (Lipinski definition) is 1. The van der Waals surface area contributed by atoms with Gasteiger partial charge in [0.1, 0.15) is 0 Å². The van der Waals surface area contributed by atoms with E-state index >= 15 is 0 Å². The molecule has 2 aliphatic heterocycles. The van der Waals surface area contributed by atoms with Crippen LogP contribution in [0.4, 0.5) is 0 Å². The average molecular weight is 316 g/mol. The Labute approximate surface area is 136 Å². The van der Waals surface area contributed by atoms with Crippen LogP contribution in [0.5, 0.6) is 0 Å². The van der Waals surface area contributed by atoms with Crippen molar-refractivity contribution in [3.8, 4) is 0 Å². The molecule has 5 nitrogen and oxygen atoms in total. The molecule has 1 aromatic carbocycles. The standard InChI is InChI=1S/C18H24N2O3/c1-18(17(23)19-11-8-15(21)12-19)9-5-10-20(13-18)16(22)14-6-3-2-4-7-14/h2-4,6-7,15,21H,5,8-13H2,1H3/t15-,18?/m0/s1. The molecule has 1 unspecified atom stereocenters. The van der Waals surface area contributed by atoms with E-state index in [4.69, 9.17) is 0 Å². The van der Waals surface area contributed by atoms with Crippen LogP contribution in [0, 0.1) is 5.41 Å². The Morgan fingerprint density at radius 1 is 1.17 bits per heavy atom. The van der Waals surface area contributed by atoms with Gasteiger partial charge < -0.3 is 14.9 Å². The number of amides is 2. The molecule has 2 fully saturated rings. The first-order valence-corrected chi connectivity index (χ1v) is 8.31. The molecule has 0 radical (unpaired) electrons. The quantitative estimate of drug-likeness (QED) is 0.900. The highest BCUT2D eigenvalue weighted by molar-refractivity contribution is 5.95. The molecule has 5 heteroatoms. The molecule has 2 atom stereocenters. The molecule has 2 heterocycles. The Balaban J connectivity index is 1.72. The van der Waals surface area contributed by atoms with Crippen LogP contribution in [-0.4, -0.2) is 59.0 Å². The van der Waals surface area contributed by atoms with Gasteiger partial charge >= 0.3 is 0 Å². The van der Waals surface area contributed by atoms with Crippen molar-refractivity contribution in [3.63, 3.8) is 0 Å². The van der Waals surface area contributed by atoms with Crippen molar-refractivity contribution in [1.29, 1.82) is 0 Å². The lowest BCUT2D eigenvalue weighted by atomic mass is 9.80. The van der Waals surface area contributed by atoms with Crippen LogP contribution in [0.2, 0.25) is 0 Å². The monoisotopic (exact) mass is 316 g/mol. The highest BCUT2D eigenvalue weighted by Crippen LogP contribution is 2.33. The summed E-state index contributed by atoms with van der Waals surface area (Å²) in [6.07, 6.45) is 1.86. The molecule has 23 heavy (non-hydrogen) atoms. The number of likely N-dealkylation sites (tertiary alicyclic amines) is 2. The van der Waals surface area contributed by atoms with Crippen LogP contribution in [0.1, 0.15) is 36.5 Å². The van der Waals surface area contributed by atoms with Crippen LogP contribution in [0.3, 0.4) is 0 Å². The van der Waals surface area contributed by atoms with Crippen LogP contribution in [0.15, 0.2) is 30.3 Å². The maximum Gasteiger partial charge on any atom is 0.253 e. The van der Waals surface area contributed by atoms with Gasteiger partial charge in [0.2, 0.25) is 5.91 Å². The van der Waals surface area contributed by atoms with Crippen LogP contribution < -0.4 is 0 Å². The van der Waals surface area contributed by atoms with E-state index in [9.17, 15) is 14.7 Å². The van der Waals surface area contributed by atoms with Gasteiger partial charge in [-0.2, -0.15) is 0 Å². The van der Waals surface area contributed by atoms with E-state index in [1.54, 1.807) is 9.80 Å². The molecule has 1 aromatic rings. The van der Waals surface area contributed by atoms with Crippen LogP contribution in [-0.2, 0) is 4.79 Å². The normalized spacial score (nSPS) is 28.0. The minimum absolute atomic E-state index is 0.00854. The van der Waals surface area contributed by atoms with Crippen LogP contribution in [0.25, 0.3) is 0 Å². The summed E-state index contributed by atoms with van der Waals surface area (Å²) < 4.78 is 0. The first-order chi connectivity index (χ1) is 11.0. The number of aliphatic hydroxyl groups excluding tert-OH is 1. The van der Waals surface area contributed by atoms with Gasteiger partial charge in [0.15, 0.2) is 0 Å². The molecule has 0 aliphatic carbocycles. The fourth-order valence-electron chi connectivity index (χ4n) is 3.66. The maximum absolute atomic E-state index is 12.8. The van der Waals surface area contributed by atoms with Crippen molar-refractivity contribution >= 4 is 11.8 Å². The Morgan fingerprint density at radius 3 is 2.57 bits per heavy atom. The molecule has 2 aliphatic rings. The van der Waals surface area contributed by atoms with Crippen molar-refractivity contribution < 1.29 is 14.7 Å². The van der Waals surface area contributed by atoms with Gasteiger partial charge in [0.05, 0.1) is 11.5 Å². The lowest BCUT2D eigenvalue weighted by molar-refractivity contribution is -0.143. The number of piperidine rings is 1. The van der Waals surface area contributed by atoms with Gasteiger partial charge in [-0.25, -0.2) is 0 Å². The molecule has 0 spiro atoms. The fraction of sp³-hybridized carbons (Fsp3) is 0.556. The van der Waals surface area contributed by atoms with E-state index in [0.29, 0.717) is 38.2 Å². The predicted molar refractivity (Wildman–Crippen MR) is 86.9 cm³/mol. The third-order valence-electron chi connectivity index (χ3n) is 4.97. The van der Waals surface area contributed by atoms with Gasteiger partial charge in [-0.3, -0.25) is 9.59 Å². The summed E-state index contributed by atoms with van der Waals surface area (Å²) in [6.45, 7) is 4.12. The molecule has 0 aromatic heterocycles. The Morgan fingerprint density at radius 2 is 1.91 bits per heavy atom. The average Bonchev–Trinajstić information content (AvgIpc) is 3.00. The van der Waals surface area contributed by atoms with Gasteiger partial charge in [-0.05, 0) is 38.3 Å². The number of benzene rings is 1. The summed E-state index contributed by atoms with van der Waals surface area (Å²) in [7, 11) is 0. The third kappa shape index (κ3) is 3.24. The SMILES string of the molecule is CC1(C(=O)N2CC[C@H](O)C2)CCCN(C(=O)c2ccccc2)C1. The molecule has 3 rings (SSSR count). The largest absolute Gasteiger partial charge is 0.391 e. The zero-order valence-electron chi connectivity index (χ0n) is 13.6. The van der Waals surface area contributed by atoms with E-state index in [1.807, 2.05) is 37.3 Å². The number of carbonyl (C=O) groups excluding carboxylic acids is 2. The summed E-state index contributed by atoms with van der Waals surface area (Å²) in [4.78, 5) is 29.0. The van der Waals surface area contributed by atoms with Crippen molar-refractivity contribution in [1.82, 2.24) is 9.80 Å². The molecular weight excluding hydrogens is 292 g/mol. The van der Waals surface area contributed by atoms with E-state index in [2.05, 4.69) is 0 Å². The number of hydrogen-bond acceptors (Lipinski definition) is 3. The summed E-state index contributed by atoms with van der Waals surface area (Å²) >= 11 is 0. The van der Waals surface area contributed by atoms with Gasteiger partial charge in [0, 0.05) is 31.7 Å². The van der Waals surface area contributed by atoms with E-state index < -0.39 is 11.5 Å². The second kappa shape index (κ2) is 6.32. The first-order valence-electron chi connectivity index (χ1n) is 8.31. The zero-order valence-corrected chi connectivity index (χ0v) is 13.6. The molecule has 124 valence electrons. The second-order valence-corrected chi connectivity index (χ2v) is 6.95. The van der Waals surface area contributed by atoms with Crippen molar-refractivity contribution in [2.24, 2.45) is 5.41 Å². The van der Waals surface area contributed by atoms with Gasteiger partial charge in [-0.1, -0.05) is 18.2 Å². The fourth-order valence-corrected chi connectivity index (χ4v) is 3.66. The summed E-state index contributed by atoms with van der Waals surface area (Å²) in [6, 6.07) is 9.22. The summed E-state index contributed by atoms with van der Waals surface area (Å²) in [5, 5.41) is 9.66. The van der Waals surface area contributed by atoms with Gasteiger partial charge in [0.25, 0.3) is 5.91 Å². The highest BCUT2D eigenvalue weighted by Gasteiger charge is 2.43. The number of β-amino-alcohol motifs (C(OH)–C–C–N with tert-alkyl or cyclic N) is 1. The number of carbonyl (C=O) groups is 2. The number of nitrogens with zero attached hydrogens (tertiary/aromatic N) is 2. The topological polar surface area (TPSA) is 60.9 Å². The Hall–Kier alpha value is -1.88. The Kier molecular flexibility index (Phi) is 4.39. The highest BCUT2D eigenvalue weighted by atomic mass is 16.3. The molecular formula is C18H24N2O3. The number of aliphatic hydroxyl groups is 1. The van der Waals surface area contributed by atoms with Crippen molar-refractivity contribution in [2.75, 3.05) is 26.2 Å². The third-order valence-corrected chi connectivity index (χ3v) is 4.97. The molecule has 0 bridgehead atoms. The minimum atomic E-state index is -0.549. The zero-order chi connectivity index (χ0) is 16.4. The van der Waals surface area contributed by atoms with Gasteiger partial charge in [-0.15, -0.1) is 0 Å². The maximum atomic E-state index is 12.8. The minimum Gasteiger partial charge on any atom is -0.391 e. The van der Waals surface area contributed by atoms with Crippen molar-refractivity contribution in [2.45, 2.75) is 32.3 Å². The smallest absolute Gasteiger partial charge is 0.253 e. The van der Waals surface area contributed by atoms with E-state index in [1.165, 1.54) is 0 Å². The molecule has 1 N–H and O–H groups in total. The first kappa shape index (κ1) is 16.0. The molecule has 0 saturated carbocycles. The number of rotatable bonds is 2. The Bertz CT molecular complexity index is 589. The predicted octanol–water partition coefficient (Wildman–Crippen LogP) is 1.52. The molecule has 2 saturated heterocycles. The lowest BCUT2D eigenvalue weighted by Crippen LogP contribution is -2.52. The van der Waals surface area contributed by atoms with Crippen molar-refractivity contribution in [3.05, 3.63) is 35.9 Å². The van der Waals surface area contributed by atoms with E-state index in [0.717, 1.165) is 12.8 Å². The van der Waals surface area contributed by atoms with E-state index in [-0.39, 0.29) is 11.8 Å².